The van der Waals surface area contributed by atoms with Crippen LogP contribution in [0.3, 0.4) is 0 Å². The SMILES string of the molecule is COc1ccc(C(C)NC(=O)c2ccoc2Cl)cc1OC. The van der Waals surface area contributed by atoms with Gasteiger partial charge in [-0.25, -0.2) is 0 Å². The minimum Gasteiger partial charge on any atom is -0.493 e. The molecule has 112 valence electrons. The van der Waals surface area contributed by atoms with Gasteiger partial charge in [0.05, 0.1) is 32.1 Å². The zero-order chi connectivity index (χ0) is 15.4. The molecule has 6 heteroatoms. The molecule has 2 aromatic rings. The molecule has 2 rings (SSSR count). The second-order valence-corrected chi connectivity index (χ2v) is 4.76. The quantitative estimate of drug-likeness (QED) is 0.919. The van der Waals surface area contributed by atoms with Crippen molar-refractivity contribution in [3.63, 3.8) is 0 Å². The van der Waals surface area contributed by atoms with Crippen LogP contribution in [0.1, 0.15) is 28.9 Å². The number of rotatable bonds is 5. The molecule has 1 aromatic heterocycles. The molecule has 1 atom stereocenters. The fraction of sp³-hybridized carbons (Fsp3) is 0.267. The molecule has 0 spiro atoms. The summed E-state index contributed by atoms with van der Waals surface area (Å²) in [5.74, 6) is 0.950. The van der Waals surface area contributed by atoms with E-state index in [1.165, 1.54) is 12.3 Å². The van der Waals surface area contributed by atoms with Crippen LogP contribution in [0.2, 0.25) is 5.22 Å². The van der Waals surface area contributed by atoms with E-state index in [1.54, 1.807) is 20.3 Å². The van der Waals surface area contributed by atoms with Crippen molar-refractivity contribution in [2.75, 3.05) is 14.2 Å². The number of hydrogen-bond acceptors (Lipinski definition) is 4. The highest BCUT2D eigenvalue weighted by Gasteiger charge is 2.17. The number of benzene rings is 1. The van der Waals surface area contributed by atoms with Crippen LogP contribution in [-0.4, -0.2) is 20.1 Å². The van der Waals surface area contributed by atoms with E-state index in [0.717, 1.165) is 5.56 Å². The first kappa shape index (κ1) is 15.3. The Bertz CT molecular complexity index is 638. The Labute approximate surface area is 127 Å². The van der Waals surface area contributed by atoms with E-state index in [2.05, 4.69) is 5.32 Å². The lowest BCUT2D eigenvalue weighted by Crippen LogP contribution is -2.26. The lowest BCUT2D eigenvalue weighted by Gasteiger charge is -2.16. The van der Waals surface area contributed by atoms with Crippen molar-refractivity contribution in [1.82, 2.24) is 5.32 Å². The van der Waals surface area contributed by atoms with Crippen LogP contribution in [0.15, 0.2) is 34.9 Å². The van der Waals surface area contributed by atoms with E-state index in [9.17, 15) is 4.79 Å². The minimum atomic E-state index is -0.295. The average Bonchev–Trinajstić information content (AvgIpc) is 2.92. The molecule has 1 heterocycles. The van der Waals surface area contributed by atoms with E-state index in [0.29, 0.717) is 17.1 Å². The Hall–Kier alpha value is -2.14. The maximum Gasteiger partial charge on any atom is 0.256 e. The molecule has 0 bridgehead atoms. The van der Waals surface area contributed by atoms with Crippen LogP contribution in [0, 0.1) is 0 Å². The first-order valence-corrected chi connectivity index (χ1v) is 6.70. The normalized spacial score (nSPS) is 11.8. The predicted octanol–water partition coefficient (Wildman–Crippen LogP) is 3.44. The summed E-state index contributed by atoms with van der Waals surface area (Å²) in [6.45, 7) is 1.87. The van der Waals surface area contributed by atoms with Crippen molar-refractivity contribution in [1.29, 1.82) is 0 Å². The van der Waals surface area contributed by atoms with Crippen molar-refractivity contribution < 1.29 is 18.7 Å². The zero-order valence-corrected chi connectivity index (χ0v) is 12.7. The molecule has 0 saturated carbocycles. The third kappa shape index (κ3) is 3.31. The van der Waals surface area contributed by atoms with Gasteiger partial charge in [0.1, 0.15) is 0 Å². The molecule has 1 unspecified atom stereocenters. The first-order valence-electron chi connectivity index (χ1n) is 6.32. The number of ether oxygens (including phenoxy) is 2. The number of nitrogens with one attached hydrogen (secondary N) is 1. The molecule has 0 fully saturated rings. The fourth-order valence-electron chi connectivity index (χ4n) is 1.94. The van der Waals surface area contributed by atoms with Gasteiger partial charge in [0, 0.05) is 0 Å². The molecule has 0 saturated heterocycles. The topological polar surface area (TPSA) is 60.7 Å². The Balaban J connectivity index is 2.15. The molecule has 0 aliphatic heterocycles. The third-order valence-electron chi connectivity index (χ3n) is 3.12. The second-order valence-electron chi connectivity index (χ2n) is 4.42. The lowest BCUT2D eigenvalue weighted by atomic mass is 10.1. The van der Waals surface area contributed by atoms with Crippen LogP contribution in [0.4, 0.5) is 0 Å². The van der Waals surface area contributed by atoms with Crippen molar-refractivity contribution in [3.8, 4) is 11.5 Å². The van der Waals surface area contributed by atoms with E-state index < -0.39 is 0 Å². The number of carbonyl (C=O) groups is 1. The largest absolute Gasteiger partial charge is 0.493 e. The molecular weight excluding hydrogens is 294 g/mol. The molecular formula is C15H16ClNO4. The van der Waals surface area contributed by atoms with Crippen LogP contribution in [0.5, 0.6) is 11.5 Å². The van der Waals surface area contributed by atoms with E-state index in [4.69, 9.17) is 25.5 Å². The molecule has 1 aromatic carbocycles. The zero-order valence-electron chi connectivity index (χ0n) is 12.0. The van der Waals surface area contributed by atoms with Gasteiger partial charge in [-0.1, -0.05) is 6.07 Å². The minimum absolute atomic E-state index is 0.0759. The summed E-state index contributed by atoms with van der Waals surface area (Å²) in [5.41, 5.74) is 1.20. The Morgan fingerprint density at radius 2 is 1.95 bits per heavy atom. The molecule has 1 amide bonds. The Morgan fingerprint density at radius 1 is 1.24 bits per heavy atom. The van der Waals surface area contributed by atoms with Crippen molar-refractivity contribution >= 4 is 17.5 Å². The maximum absolute atomic E-state index is 12.1. The van der Waals surface area contributed by atoms with E-state index >= 15 is 0 Å². The Morgan fingerprint density at radius 3 is 2.52 bits per heavy atom. The summed E-state index contributed by atoms with van der Waals surface area (Å²) < 4.78 is 15.3. The van der Waals surface area contributed by atoms with Gasteiger partial charge < -0.3 is 19.2 Å². The molecule has 21 heavy (non-hydrogen) atoms. The first-order chi connectivity index (χ1) is 10.1. The summed E-state index contributed by atoms with van der Waals surface area (Å²) in [6.07, 6.45) is 1.37. The lowest BCUT2D eigenvalue weighted by molar-refractivity contribution is 0.0939. The molecule has 5 nitrogen and oxygen atoms in total. The molecule has 1 N–H and O–H groups in total. The number of amides is 1. The third-order valence-corrected chi connectivity index (χ3v) is 3.41. The summed E-state index contributed by atoms with van der Waals surface area (Å²) in [6, 6.07) is 6.79. The van der Waals surface area contributed by atoms with Crippen molar-refractivity contribution in [2.24, 2.45) is 0 Å². The fourth-order valence-corrected chi connectivity index (χ4v) is 2.14. The van der Waals surface area contributed by atoms with Gasteiger partial charge in [0.2, 0.25) is 5.22 Å². The van der Waals surface area contributed by atoms with Crippen LogP contribution >= 0.6 is 11.6 Å². The number of carbonyl (C=O) groups excluding carboxylic acids is 1. The number of furan rings is 1. The highest BCUT2D eigenvalue weighted by Crippen LogP contribution is 2.30. The van der Waals surface area contributed by atoms with Gasteiger partial charge in [-0.3, -0.25) is 4.79 Å². The van der Waals surface area contributed by atoms with Crippen molar-refractivity contribution in [3.05, 3.63) is 46.9 Å². The second kappa shape index (κ2) is 6.54. The van der Waals surface area contributed by atoms with Gasteiger partial charge >= 0.3 is 0 Å². The summed E-state index contributed by atoms with van der Waals surface area (Å²) >= 11 is 5.79. The number of methoxy groups -OCH3 is 2. The van der Waals surface area contributed by atoms with Crippen molar-refractivity contribution in [2.45, 2.75) is 13.0 Å². The highest BCUT2D eigenvalue weighted by atomic mass is 35.5. The Kier molecular flexibility index (Phi) is 4.75. The average molecular weight is 310 g/mol. The predicted molar refractivity (Wildman–Crippen MR) is 79.1 cm³/mol. The van der Waals surface area contributed by atoms with Crippen LogP contribution in [0.25, 0.3) is 0 Å². The summed E-state index contributed by atoms with van der Waals surface area (Å²) in [4.78, 5) is 12.1. The number of hydrogen-bond donors (Lipinski definition) is 1. The standard InChI is InChI=1S/C15H16ClNO4/c1-9(17-15(18)11-6-7-21-14(11)16)10-4-5-12(19-2)13(8-10)20-3/h4-9H,1-3H3,(H,17,18). The molecule has 0 aliphatic rings. The highest BCUT2D eigenvalue weighted by molar-refractivity contribution is 6.32. The van der Waals surface area contributed by atoms with Gasteiger partial charge in [0.15, 0.2) is 11.5 Å². The molecule has 0 radical (unpaired) electrons. The van der Waals surface area contributed by atoms with Crippen LogP contribution in [-0.2, 0) is 0 Å². The van der Waals surface area contributed by atoms with Gasteiger partial charge in [-0.05, 0) is 42.3 Å². The summed E-state index contributed by atoms with van der Waals surface area (Å²) in [7, 11) is 3.14. The van der Waals surface area contributed by atoms with E-state index in [1.807, 2.05) is 19.1 Å². The van der Waals surface area contributed by atoms with Gasteiger partial charge in [-0.15, -0.1) is 0 Å². The van der Waals surface area contributed by atoms with Gasteiger partial charge in [-0.2, -0.15) is 0 Å². The molecule has 0 aliphatic carbocycles. The van der Waals surface area contributed by atoms with Gasteiger partial charge in [0.25, 0.3) is 5.91 Å². The van der Waals surface area contributed by atoms with Crippen LogP contribution < -0.4 is 14.8 Å². The smallest absolute Gasteiger partial charge is 0.256 e. The number of halogens is 1. The monoisotopic (exact) mass is 309 g/mol. The summed E-state index contributed by atoms with van der Waals surface area (Å²) in [5, 5.41) is 2.92. The van der Waals surface area contributed by atoms with E-state index in [-0.39, 0.29) is 17.2 Å². The maximum atomic E-state index is 12.1.